The molecule has 1 aromatic carbocycles. The van der Waals surface area contributed by atoms with Crippen molar-refractivity contribution >= 4 is 11.6 Å². The molecule has 0 aliphatic heterocycles. The lowest BCUT2D eigenvalue weighted by Gasteiger charge is -1.87. The number of benzene rings is 1. The third-order valence-corrected chi connectivity index (χ3v) is 1.08. The van der Waals surface area contributed by atoms with Crippen molar-refractivity contribution in [2.75, 3.05) is 0 Å². The minimum absolute atomic E-state index is 0.245. The van der Waals surface area contributed by atoms with E-state index in [0.717, 1.165) is 0 Å². The molecule has 0 aliphatic rings. The molecule has 2 heteroatoms. The van der Waals surface area contributed by atoms with E-state index in [9.17, 15) is 0 Å². The summed E-state index contributed by atoms with van der Waals surface area (Å²) >= 11 is 5.50. The first-order chi connectivity index (χ1) is 5.20. The first-order valence-corrected chi connectivity index (χ1v) is 3.60. The van der Waals surface area contributed by atoms with Gasteiger partial charge in [-0.2, -0.15) is 0 Å². The Kier molecular flexibility index (Phi) is 5.30. The molecule has 1 nitrogen and oxygen atoms in total. The van der Waals surface area contributed by atoms with Crippen molar-refractivity contribution in [3.8, 4) is 5.75 Å². The van der Waals surface area contributed by atoms with Gasteiger partial charge in [-0.15, -0.1) is 6.58 Å². The SMILES string of the molecule is C=CC.Oc1ccc(Cl)cc1. The van der Waals surface area contributed by atoms with Gasteiger partial charge in [0.05, 0.1) is 0 Å². The molecule has 11 heavy (non-hydrogen) atoms. The van der Waals surface area contributed by atoms with Crippen molar-refractivity contribution in [2.45, 2.75) is 6.92 Å². The molecule has 60 valence electrons. The van der Waals surface area contributed by atoms with Crippen molar-refractivity contribution < 1.29 is 5.11 Å². The number of phenolic OH excluding ortho intramolecular Hbond substituents is 1. The third kappa shape index (κ3) is 5.49. The van der Waals surface area contributed by atoms with Crippen LogP contribution in [-0.4, -0.2) is 5.11 Å². The Labute approximate surface area is 71.9 Å². The summed E-state index contributed by atoms with van der Waals surface area (Å²) in [5.41, 5.74) is 0. The minimum atomic E-state index is 0.245. The van der Waals surface area contributed by atoms with Crippen LogP contribution in [0.1, 0.15) is 6.92 Å². The first-order valence-electron chi connectivity index (χ1n) is 3.22. The lowest BCUT2D eigenvalue weighted by Crippen LogP contribution is -1.61. The molecule has 0 saturated heterocycles. The van der Waals surface area contributed by atoms with E-state index in [0.29, 0.717) is 5.02 Å². The quantitative estimate of drug-likeness (QED) is 0.593. The molecule has 0 bridgehead atoms. The van der Waals surface area contributed by atoms with E-state index in [1.165, 1.54) is 0 Å². The van der Waals surface area contributed by atoms with E-state index in [4.69, 9.17) is 16.7 Å². The number of hydrogen-bond donors (Lipinski definition) is 1. The van der Waals surface area contributed by atoms with Gasteiger partial charge in [-0.25, -0.2) is 0 Å². The average molecular weight is 171 g/mol. The van der Waals surface area contributed by atoms with Gasteiger partial charge in [0.15, 0.2) is 0 Å². The number of halogens is 1. The lowest BCUT2D eigenvalue weighted by molar-refractivity contribution is 0.475. The maximum absolute atomic E-state index is 8.70. The van der Waals surface area contributed by atoms with Gasteiger partial charge in [-0.1, -0.05) is 17.7 Å². The molecular formula is C9H11ClO. The molecule has 0 fully saturated rings. The largest absolute Gasteiger partial charge is 0.508 e. The maximum Gasteiger partial charge on any atom is 0.115 e. The van der Waals surface area contributed by atoms with Crippen molar-refractivity contribution in [1.82, 2.24) is 0 Å². The zero-order valence-electron chi connectivity index (χ0n) is 6.42. The molecule has 1 N–H and O–H groups in total. The lowest BCUT2D eigenvalue weighted by atomic mass is 10.3. The van der Waals surface area contributed by atoms with Crippen LogP contribution in [0.2, 0.25) is 5.02 Å². The van der Waals surface area contributed by atoms with Crippen LogP contribution in [0.4, 0.5) is 0 Å². The molecule has 0 atom stereocenters. The molecule has 0 saturated carbocycles. The van der Waals surface area contributed by atoms with Gasteiger partial charge in [0.1, 0.15) is 5.75 Å². The van der Waals surface area contributed by atoms with Gasteiger partial charge in [0.2, 0.25) is 0 Å². The smallest absolute Gasteiger partial charge is 0.115 e. The molecule has 0 amide bonds. The monoisotopic (exact) mass is 170 g/mol. The Balaban J connectivity index is 0.000000292. The van der Waals surface area contributed by atoms with Gasteiger partial charge in [-0.3, -0.25) is 0 Å². The zero-order chi connectivity index (χ0) is 8.69. The van der Waals surface area contributed by atoms with Gasteiger partial charge >= 0.3 is 0 Å². The zero-order valence-corrected chi connectivity index (χ0v) is 7.17. The van der Waals surface area contributed by atoms with Gasteiger partial charge < -0.3 is 5.11 Å². The molecule has 0 spiro atoms. The number of rotatable bonds is 0. The second-order valence-electron chi connectivity index (χ2n) is 1.88. The van der Waals surface area contributed by atoms with E-state index in [1.54, 1.807) is 30.3 Å². The molecule has 0 aliphatic carbocycles. The van der Waals surface area contributed by atoms with E-state index < -0.39 is 0 Å². The van der Waals surface area contributed by atoms with Gasteiger partial charge in [0, 0.05) is 5.02 Å². The minimum Gasteiger partial charge on any atom is -0.508 e. The fourth-order valence-electron chi connectivity index (χ4n) is 0.441. The van der Waals surface area contributed by atoms with E-state index in [-0.39, 0.29) is 5.75 Å². The van der Waals surface area contributed by atoms with Gasteiger partial charge in [0.25, 0.3) is 0 Å². The highest BCUT2D eigenvalue weighted by Gasteiger charge is 1.84. The number of hydrogen-bond acceptors (Lipinski definition) is 1. The van der Waals surface area contributed by atoms with Crippen molar-refractivity contribution in [2.24, 2.45) is 0 Å². The Morgan fingerprint density at radius 1 is 1.36 bits per heavy atom. The standard InChI is InChI=1S/C6H5ClO.C3H6/c7-5-1-3-6(8)4-2-5;1-3-2/h1-4,8H;3H,1H2,2H3. The van der Waals surface area contributed by atoms with Crippen LogP contribution in [0, 0.1) is 0 Å². The highest BCUT2D eigenvalue weighted by atomic mass is 35.5. The van der Waals surface area contributed by atoms with Crippen molar-refractivity contribution in [3.63, 3.8) is 0 Å². The van der Waals surface area contributed by atoms with Crippen LogP contribution >= 0.6 is 11.6 Å². The second-order valence-corrected chi connectivity index (χ2v) is 2.32. The summed E-state index contributed by atoms with van der Waals surface area (Å²) < 4.78 is 0. The fraction of sp³-hybridized carbons (Fsp3) is 0.111. The molecule has 1 aromatic rings. The molecular weight excluding hydrogens is 160 g/mol. The van der Waals surface area contributed by atoms with Crippen LogP contribution < -0.4 is 0 Å². The molecule has 0 aromatic heterocycles. The van der Waals surface area contributed by atoms with Crippen molar-refractivity contribution in [1.29, 1.82) is 0 Å². The molecule has 0 unspecified atom stereocenters. The number of allylic oxidation sites excluding steroid dienone is 1. The average Bonchev–Trinajstić information content (AvgIpc) is 1.97. The first kappa shape index (κ1) is 10.0. The predicted molar refractivity (Wildman–Crippen MR) is 49.0 cm³/mol. The maximum atomic E-state index is 8.70. The van der Waals surface area contributed by atoms with Crippen LogP contribution in [0.3, 0.4) is 0 Å². The van der Waals surface area contributed by atoms with E-state index in [1.807, 2.05) is 6.92 Å². The summed E-state index contributed by atoms with van der Waals surface area (Å²) in [6, 6.07) is 6.36. The molecule has 1 rings (SSSR count). The Morgan fingerprint density at radius 2 is 1.73 bits per heavy atom. The van der Waals surface area contributed by atoms with Crippen LogP contribution in [0.15, 0.2) is 36.9 Å². The topological polar surface area (TPSA) is 20.2 Å². The van der Waals surface area contributed by atoms with E-state index >= 15 is 0 Å². The normalized spacial score (nSPS) is 7.82. The molecule has 0 heterocycles. The number of phenols is 1. The van der Waals surface area contributed by atoms with Crippen LogP contribution in [0.25, 0.3) is 0 Å². The highest BCUT2D eigenvalue weighted by molar-refractivity contribution is 6.30. The summed E-state index contributed by atoms with van der Waals surface area (Å²) in [5, 5.41) is 9.34. The third-order valence-electron chi connectivity index (χ3n) is 0.827. The molecule has 0 radical (unpaired) electrons. The van der Waals surface area contributed by atoms with Crippen LogP contribution in [0.5, 0.6) is 5.75 Å². The fourth-order valence-corrected chi connectivity index (χ4v) is 0.567. The van der Waals surface area contributed by atoms with Crippen LogP contribution in [-0.2, 0) is 0 Å². The Bertz CT molecular complexity index is 182. The number of aromatic hydroxyl groups is 1. The van der Waals surface area contributed by atoms with Gasteiger partial charge in [-0.05, 0) is 31.2 Å². The highest BCUT2D eigenvalue weighted by Crippen LogP contribution is 2.12. The summed E-state index contributed by atoms with van der Waals surface area (Å²) in [6.45, 7) is 5.25. The summed E-state index contributed by atoms with van der Waals surface area (Å²) in [6.07, 6.45) is 1.75. The van der Waals surface area contributed by atoms with Crippen molar-refractivity contribution in [3.05, 3.63) is 41.9 Å². The second kappa shape index (κ2) is 5.81. The summed E-state index contributed by atoms with van der Waals surface area (Å²) in [4.78, 5) is 0. The Morgan fingerprint density at radius 3 is 2.00 bits per heavy atom. The Hall–Kier alpha value is -0.950. The predicted octanol–water partition coefficient (Wildman–Crippen LogP) is 3.24. The summed E-state index contributed by atoms with van der Waals surface area (Å²) in [7, 11) is 0. The van der Waals surface area contributed by atoms with E-state index in [2.05, 4.69) is 6.58 Å². The summed E-state index contributed by atoms with van der Waals surface area (Å²) in [5.74, 6) is 0.245.